The fraction of sp³-hybridized carbons (Fsp3) is 0.579. The van der Waals surface area contributed by atoms with Crippen LogP contribution in [0.2, 0.25) is 0 Å². The van der Waals surface area contributed by atoms with Crippen LogP contribution >= 0.6 is 0 Å². The number of carbonyl (C=O) groups is 2. The Morgan fingerprint density at radius 2 is 1.91 bits per heavy atom. The lowest BCUT2D eigenvalue weighted by molar-refractivity contribution is -0.136. The van der Waals surface area contributed by atoms with Gasteiger partial charge in [0.1, 0.15) is 0 Å². The van der Waals surface area contributed by atoms with Crippen molar-refractivity contribution in [1.29, 1.82) is 0 Å². The minimum Gasteiger partial charge on any atom is -0.355 e. The van der Waals surface area contributed by atoms with Gasteiger partial charge in [0.25, 0.3) is 0 Å². The molecular formula is C19H26N2O2. The fourth-order valence-corrected chi connectivity index (χ4v) is 3.28. The second kappa shape index (κ2) is 7.16. The summed E-state index contributed by atoms with van der Waals surface area (Å²) in [5, 5.41) is 3.08. The van der Waals surface area contributed by atoms with Crippen molar-refractivity contribution in [2.45, 2.75) is 38.5 Å². The van der Waals surface area contributed by atoms with Crippen molar-refractivity contribution in [3.05, 3.63) is 35.9 Å². The first-order valence-corrected chi connectivity index (χ1v) is 8.76. The van der Waals surface area contributed by atoms with E-state index in [9.17, 15) is 9.59 Å². The zero-order chi connectivity index (χ0) is 16.2. The second-order valence-corrected chi connectivity index (χ2v) is 6.95. The van der Waals surface area contributed by atoms with Crippen LogP contribution in [0.15, 0.2) is 30.3 Å². The maximum Gasteiger partial charge on any atom is 0.225 e. The number of piperidine rings is 1. The normalized spacial score (nSPS) is 22.5. The van der Waals surface area contributed by atoms with Crippen LogP contribution in [0.4, 0.5) is 0 Å². The van der Waals surface area contributed by atoms with Crippen molar-refractivity contribution in [1.82, 2.24) is 10.2 Å². The standard InChI is InChI=1S/C19H26N2O2/c1-14(15-6-3-2-4-7-15)12-20-18(22)17-8-5-11-21(13-17)19(23)16-9-10-16/h2-4,6-7,14,16-17H,5,8-13H2,1H3,(H,20,22)/t14-,17-/m1/s1. The number of hydrogen-bond donors (Lipinski definition) is 1. The van der Waals surface area contributed by atoms with Crippen molar-refractivity contribution in [3.63, 3.8) is 0 Å². The molecule has 2 amide bonds. The number of rotatable bonds is 5. The highest BCUT2D eigenvalue weighted by Gasteiger charge is 2.36. The van der Waals surface area contributed by atoms with Crippen LogP contribution in [0.25, 0.3) is 0 Å². The molecule has 1 aliphatic heterocycles. The predicted molar refractivity (Wildman–Crippen MR) is 89.9 cm³/mol. The molecule has 124 valence electrons. The number of amides is 2. The summed E-state index contributed by atoms with van der Waals surface area (Å²) >= 11 is 0. The number of carbonyl (C=O) groups excluding carboxylic acids is 2. The van der Waals surface area contributed by atoms with E-state index >= 15 is 0 Å². The summed E-state index contributed by atoms with van der Waals surface area (Å²) in [7, 11) is 0. The lowest BCUT2D eigenvalue weighted by Gasteiger charge is -2.32. The van der Waals surface area contributed by atoms with Gasteiger partial charge in [-0.05, 0) is 37.2 Å². The molecule has 1 heterocycles. The van der Waals surface area contributed by atoms with E-state index in [-0.39, 0.29) is 23.7 Å². The average Bonchev–Trinajstić information content (AvgIpc) is 3.44. The first-order valence-electron chi connectivity index (χ1n) is 8.76. The van der Waals surface area contributed by atoms with Gasteiger partial charge >= 0.3 is 0 Å². The van der Waals surface area contributed by atoms with E-state index in [0.717, 1.165) is 32.2 Å². The van der Waals surface area contributed by atoms with E-state index in [1.165, 1.54) is 5.56 Å². The molecule has 1 aliphatic carbocycles. The average molecular weight is 314 g/mol. The summed E-state index contributed by atoms with van der Waals surface area (Å²) in [6, 6.07) is 10.2. The smallest absolute Gasteiger partial charge is 0.225 e. The first kappa shape index (κ1) is 16.0. The van der Waals surface area contributed by atoms with Crippen LogP contribution in [0.3, 0.4) is 0 Å². The van der Waals surface area contributed by atoms with E-state index < -0.39 is 0 Å². The third-order valence-electron chi connectivity index (χ3n) is 4.98. The molecule has 0 unspecified atom stereocenters. The molecule has 1 aromatic carbocycles. The summed E-state index contributed by atoms with van der Waals surface area (Å²) < 4.78 is 0. The Hall–Kier alpha value is -1.84. The third kappa shape index (κ3) is 4.12. The van der Waals surface area contributed by atoms with Gasteiger partial charge < -0.3 is 10.2 Å². The van der Waals surface area contributed by atoms with Gasteiger partial charge in [0.2, 0.25) is 11.8 Å². The summed E-state index contributed by atoms with van der Waals surface area (Å²) in [5.41, 5.74) is 1.24. The van der Waals surface area contributed by atoms with Gasteiger partial charge in [-0.3, -0.25) is 9.59 Å². The largest absolute Gasteiger partial charge is 0.355 e. The third-order valence-corrected chi connectivity index (χ3v) is 4.98. The zero-order valence-corrected chi connectivity index (χ0v) is 13.8. The van der Waals surface area contributed by atoms with Gasteiger partial charge in [0.15, 0.2) is 0 Å². The van der Waals surface area contributed by atoms with Crippen LogP contribution in [0.1, 0.15) is 44.1 Å². The van der Waals surface area contributed by atoms with Gasteiger partial charge in [-0.25, -0.2) is 0 Å². The number of nitrogens with zero attached hydrogens (tertiary/aromatic N) is 1. The Balaban J connectivity index is 1.48. The van der Waals surface area contributed by atoms with Gasteiger partial charge in [0.05, 0.1) is 5.92 Å². The summed E-state index contributed by atoms with van der Waals surface area (Å²) in [5.74, 6) is 0.860. The number of benzene rings is 1. The lowest BCUT2D eigenvalue weighted by Crippen LogP contribution is -2.46. The molecule has 1 saturated heterocycles. The number of hydrogen-bond acceptors (Lipinski definition) is 2. The van der Waals surface area contributed by atoms with Crippen molar-refractivity contribution < 1.29 is 9.59 Å². The molecule has 23 heavy (non-hydrogen) atoms. The zero-order valence-electron chi connectivity index (χ0n) is 13.8. The Kier molecular flexibility index (Phi) is 4.99. The first-order chi connectivity index (χ1) is 11.1. The maximum absolute atomic E-state index is 12.4. The molecule has 0 spiro atoms. The molecule has 2 aliphatic rings. The van der Waals surface area contributed by atoms with E-state index in [1.807, 2.05) is 23.1 Å². The Labute approximate surface area is 138 Å². The molecule has 0 radical (unpaired) electrons. The minimum atomic E-state index is -0.0468. The molecule has 3 rings (SSSR count). The Bertz CT molecular complexity index is 554. The van der Waals surface area contributed by atoms with E-state index in [4.69, 9.17) is 0 Å². The fourth-order valence-electron chi connectivity index (χ4n) is 3.28. The molecule has 2 atom stereocenters. The molecule has 1 N–H and O–H groups in total. The topological polar surface area (TPSA) is 49.4 Å². The van der Waals surface area contributed by atoms with E-state index in [2.05, 4.69) is 24.4 Å². The molecule has 1 saturated carbocycles. The maximum atomic E-state index is 12.4. The van der Waals surface area contributed by atoms with Crippen LogP contribution in [0.5, 0.6) is 0 Å². The molecular weight excluding hydrogens is 288 g/mol. The van der Waals surface area contributed by atoms with Crippen LogP contribution in [-0.4, -0.2) is 36.3 Å². The van der Waals surface area contributed by atoms with Gasteiger partial charge in [-0.2, -0.15) is 0 Å². The van der Waals surface area contributed by atoms with Crippen molar-refractivity contribution in [3.8, 4) is 0 Å². The molecule has 0 bridgehead atoms. The van der Waals surface area contributed by atoms with Gasteiger partial charge in [-0.1, -0.05) is 37.3 Å². The highest BCUT2D eigenvalue weighted by atomic mass is 16.2. The molecule has 4 heteroatoms. The Morgan fingerprint density at radius 1 is 1.17 bits per heavy atom. The number of likely N-dealkylation sites (tertiary alicyclic amines) is 1. The summed E-state index contributed by atoms with van der Waals surface area (Å²) in [6.45, 7) is 4.19. The van der Waals surface area contributed by atoms with E-state index in [0.29, 0.717) is 19.0 Å². The molecule has 2 fully saturated rings. The highest BCUT2D eigenvalue weighted by Crippen LogP contribution is 2.32. The molecule has 0 aromatic heterocycles. The van der Waals surface area contributed by atoms with Gasteiger partial charge in [-0.15, -0.1) is 0 Å². The van der Waals surface area contributed by atoms with Crippen molar-refractivity contribution in [2.24, 2.45) is 11.8 Å². The minimum absolute atomic E-state index is 0.0468. The second-order valence-electron chi connectivity index (χ2n) is 6.95. The molecule has 1 aromatic rings. The van der Waals surface area contributed by atoms with E-state index in [1.54, 1.807) is 0 Å². The van der Waals surface area contributed by atoms with Crippen LogP contribution < -0.4 is 5.32 Å². The predicted octanol–water partition coefficient (Wildman–Crippen LogP) is 2.55. The summed E-state index contributed by atoms with van der Waals surface area (Å²) in [6.07, 6.45) is 3.88. The van der Waals surface area contributed by atoms with Crippen LogP contribution in [0, 0.1) is 11.8 Å². The van der Waals surface area contributed by atoms with Crippen molar-refractivity contribution >= 4 is 11.8 Å². The quantitative estimate of drug-likeness (QED) is 0.908. The lowest BCUT2D eigenvalue weighted by atomic mass is 9.96. The highest BCUT2D eigenvalue weighted by molar-refractivity contribution is 5.83. The van der Waals surface area contributed by atoms with Gasteiger partial charge in [0, 0.05) is 25.6 Å². The number of nitrogens with one attached hydrogen (secondary N) is 1. The Morgan fingerprint density at radius 3 is 2.61 bits per heavy atom. The molecule has 4 nitrogen and oxygen atoms in total. The SMILES string of the molecule is C[C@H](CNC(=O)[C@@H]1CCCN(C(=O)C2CC2)C1)c1ccccc1. The van der Waals surface area contributed by atoms with Crippen molar-refractivity contribution in [2.75, 3.05) is 19.6 Å². The van der Waals surface area contributed by atoms with Crippen LogP contribution in [-0.2, 0) is 9.59 Å². The monoisotopic (exact) mass is 314 g/mol. The summed E-state index contributed by atoms with van der Waals surface area (Å²) in [4.78, 5) is 26.5.